The standard InChI is InChI=1S/C29H33BrN2O2S/c1-2-3-17-31-29(34)27(19-23-11-6-4-7-12-23)32(20-25-15-10-16-26(30)18-25)28(33)22-35-21-24-13-8-5-9-14-24/h4-16,18,27H,2-3,17,19-22H2,1H3,(H,31,34). The molecule has 0 spiro atoms. The molecule has 3 rings (SSSR count). The van der Waals surface area contributed by atoms with Crippen LogP contribution in [-0.4, -0.2) is 35.1 Å². The van der Waals surface area contributed by atoms with Crippen molar-refractivity contribution in [3.8, 4) is 0 Å². The number of carbonyl (C=O) groups is 2. The Balaban J connectivity index is 1.83. The summed E-state index contributed by atoms with van der Waals surface area (Å²) in [5.74, 6) is 0.941. The van der Waals surface area contributed by atoms with Crippen molar-refractivity contribution in [3.63, 3.8) is 0 Å². The van der Waals surface area contributed by atoms with Crippen molar-refractivity contribution in [3.05, 3.63) is 106 Å². The SMILES string of the molecule is CCCCNC(=O)C(Cc1ccccc1)N(Cc1cccc(Br)c1)C(=O)CSCc1ccccc1. The topological polar surface area (TPSA) is 49.4 Å². The van der Waals surface area contributed by atoms with Gasteiger partial charge in [-0.25, -0.2) is 0 Å². The molecule has 0 saturated carbocycles. The third-order valence-corrected chi connectivity index (χ3v) is 7.16. The third kappa shape index (κ3) is 9.19. The van der Waals surface area contributed by atoms with E-state index in [0.717, 1.165) is 34.2 Å². The highest BCUT2D eigenvalue weighted by Gasteiger charge is 2.30. The summed E-state index contributed by atoms with van der Waals surface area (Å²) in [6, 6.07) is 27.4. The molecule has 1 N–H and O–H groups in total. The van der Waals surface area contributed by atoms with Gasteiger partial charge in [-0.2, -0.15) is 0 Å². The number of halogens is 1. The van der Waals surface area contributed by atoms with E-state index in [1.54, 1.807) is 16.7 Å². The zero-order valence-corrected chi connectivity index (χ0v) is 22.6. The minimum atomic E-state index is -0.585. The molecular formula is C29H33BrN2O2S. The van der Waals surface area contributed by atoms with Crippen molar-refractivity contribution in [1.82, 2.24) is 10.2 Å². The van der Waals surface area contributed by atoms with Gasteiger partial charge in [0.05, 0.1) is 5.75 Å². The molecule has 0 radical (unpaired) electrons. The number of unbranched alkanes of at least 4 members (excludes halogenated alkanes) is 1. The van der Waals surface area contributed by atoms with Crippen molar-refractivity contribution in [1.29, 1.82) is 0 Å². The largest absolute Gasteiger partial charge is 0.354 e. The lowest BCUT2D eigenvalue weighted by Gasteiger charge is -2.31. The van der Waals surface area contributed by atoms with Crippen LogP contribution in [0, 0.1) is 0 Å². The first kappa shape index (κ1) is 27.0. The van der Waals surface area contributed by atoms with E-state index in [-0.39, 0.29) is 11.8 Å². The lowest BCUT2D eigenvalue weighted by molar-refractivity contribution is -0.139. The molecule has 0 bridgehead atoms. The third-order valence-electron chi connectivity index (χ3n) is 5.68. The molecule has 3 aromatic rings. The zero-order chi connectivity index (χ0) is 24.9. The lowest BCUT2D eigenvalue weighted by atomic mass is 10.0. The first-order chi connectivity index (χ1) is 17.1. The van der Waals surface area contributed by atoms with Crippen LogP contribution in [0.2, 0.25) is 0 Å². The highest BCUT2D eigenvalue weighted by Crippen LogP contribution is 2.20. The van der Waals surface area contributed by atoms with Crippen LogP contribution in [-0.2, 0) is 28.3 Å². The Kier molecular flexibility index (Phi) is 11.4. The lowest BCUT2D eigenvalue weighted by Crippen LogP contribution is -2.51. The molecule has 0 fully saturated rings. The number of thioether (sulfide) groups is 1. The molecule has 35 heavy (non-hydrogen) atoms. The fourth-order valence-corrected chi connectivity index (χ4v) is 5.12. The Hall–Kier alpha value is -2.57. The number of nitrogens with one attached hydrogen (secondary N) is 1. The first-order valence-corrected chi connectivity index (χ1v) is 14.0. The van der Waals surface area contributed by atoms with Crippen molar-refractivity contribution in [2.45, 2.75) is 44.5 Å². The van der Waals surface area contributed by atoms with Gasteiger partial charge in [-0.05, 0) is 35.2 Å². The van der Waals surface area contributed by atoms with Crippen molar-refractivity contribution >= 4 is 39.5 Å². The van der Waals surface area contributed by atoms with E-state index in [4.69, 9.17) is 0 Å². The summed E-state index contributed by atoms with van der Waals surface area (Å²) in [5, 5.41) is 3.07. The summed E-state index contributed by atoms with van der Waals surface area (Å²) in [6.45, 7) is 3.09. The van der Waals surface area contributed by atoms with Crippen LogP contribution in [0.25, 0.3) is 0 Å². The van der Waals surface area contributed by atoms with Gasteiger partial charge in [-0.15, -0.1) is 11.8 Å². The smallest absolute Gasteiger partial charge is 0.243 e. The van der Waals surface area contributed by atoms with Gasteiger partial charge < -0.3 is 10.2 Å². The van der Waals surface area contributed by atoms with Crippen LogP contribution in [0.4, 0.5) is 0 Å². The Bertz CT molecular complexity index is 1060. The van der Waals surface area contributed by atoms with E-state index in [9.17, 15) is 9.59 Å². The number of carbonyl (C=O) groups excluding carboxylic acids is 2. The van der Waals surface area contributed by atoms with E-state index < -0.39 is 6.04 Å². The average molecular weight is 554 g/mol. The van der Waals surface area contributed by atoms with Crippen LogP contribution in [0.1, 0.15) is 36.5 Å². The van der Waals surface area contributed by atoms with E-state index in [2.05, 4.69) is 40.3 Å². The second-order valence-corrected chi connectivity index (χ2v) is 10.4. The zero-order valence-electron chi connectivity index (χ0n) is 20.2. The number of hydrogen-bond acceptors (Lipinski definition) is 3. The highest BCUT2D eigenvalue weighted by atomic mass is 79.9. The molecule has 0 saturated heterocycles. The van der Waals surface area contributed by atoms with Gasteiger partial charge in [0.15, 0.2) is 0 Å². The van der Waals surface area contributed by atoms with Crippen molar-refractivity contribution in [2.75, 3.05) is 12.3 Å². The summed E-state index contributed by atoms with van der Waals surface area (Å²) in [4.78, 5) is 28.8. The van der Waals surface area contributed by atoms with E-state index >= 15 is 0 Å². The van der Waals surface area contributed by atoms with Gasteiger partial charge in [0.2, 0.25) is 11.8 Å². The monoisotopic (exact) mass is 552 g/mol. The number of rotatable bonds is 13. The Morgan fingerprint density at radius 2 is 1.57 bits per heavy atom. The summed E-state index contributed by atoms with van der Waals surface area (Å²) in [7, 11) is 0. The maximum absolute atomic E-state index is 13.6. The van der Waals surface area contributed by atoms with Crippen LogP contribution >= 0.6 is 27.7 Å². The van der Waals surface area contributed by atoms with E-state index in [1.807, 2.05) is 72.8 Å². The van der Waals surface area contributed by atoms with Crippen molar-refractivity contribution < 1.29 is 9.59 Å². The van der Waals surface area contributed by atoms with Gasteiger partial charge in [0.25, 0.3) is 0 Å². The second-order valence-electron chi connectivity index (χ2n) is 8.48. The van der Waals surface area contributed by atoms with Crippen LogP contribution in [0.5, 0.6) is 0 Å². The molecule has 0 aliphatic rings. The predicted octanol–water partition coefficient (Wildman–Crippen LogP) is 6.24. The summed E-state index contributed by atoms with van der Waals surface area (Å²) in [6.07, 6.45) is 2.39. The molecule has 1 atom stereocenters. The molecule has 3 aromatic carbocycles. The molecule has 0 aromatic heterocycles. The Morgan fingerprint density at radius 3 is 2.23 bits per heavy atom. The molecule has 0 aliphatic heterocycles. The summed E-state index contributed by atoms with van der Waals surface area (Å²) < 4.78 is 0.952. The molecule has 184 valence electrons. The molecule has 2 amide bonds. The van der Waals surface area contributed by atoms with Crippen molar-refractivity contribution in [2.24, 2.45) is 0 Å². The predicted molar refractivity (Wildman–Crippen MR) is 149 cm³/mol. The fourth-order valence-electron chi connectivity index (χ4n) is 3.81. The minimum absolute atomic E-state index is 0.0301. The summed E-state index contributed by atoms with van der Waals surface area (Å²) >= 11 is 5.11. The van der Waals surface area contributed by atoms with E-state index in [1.165, 1.54) is 5.56 Å². The van der Waals surface area contributed by atoms with E-state index in [0.29, 0.717) is 25.3 Å². The fraction of sp³-hybridized carbons (Fsp3) is 0.310. The molecular weight excluding hydrogens is 520 g/mol. The molecule has 4 nitrogen and oxygen atoms in total. The van der Waals surface area contributed by atoms with Gasteiger partial charge >= 0.3 is 0 Å². The molecule has 6 heteroatoms. The number of benzene rings is 3. The second kappa shape index (κ2) is 14.7. The molecule has 1 unspecified atom stereocenters. The number of hydrogen-bond donors (Lipinski definition) is 1. The highest BCUT2D eigenvalue weighted by molar-refractivity contribution is 9.10. The average Bonchev–Trinajstić information content (AvgIpc) is 2.87. The molecule has 0 aliphatic carbocycles. The maximum atomic E-state index is 13.6. The van der Waals surface area contributed by atoms with Gasteiger partial charge in [0, 0.05) is 29.7 Å². The van der Waals surface area contributed by atoms with Crippen LogP contribution in [0.3, 0.4) is 0 Å². The maximum Gasteiger partial charge on any atom is 0.243 e. The normalized spacial score (nSPS) is 11.6. The van der Waals surface area contributed by atoms with Crippen LogP contribution in [0.15, 0.2) is 89.4 Å². The summed E-state index contributed by atoms with van der Waals surface area (Å²) in [5.41, 5.74) is 3.20. The van der Waals surface area contributed by atoms with Gasteiger partial charge in [0.1, 0.15) is 6.04 Å². The van der Waals surface area contributed by atoms with Gasteiger partial charge in [-0.1, -0.05) is 102 Å². The number of nitrogens with zero attached hydrogens (tertiary/aromatic N) is 1. The number of amides is 2. The Morgan fingerprint density at radius 1 is 0.914 bits per heavy atom. The Labute approximate surface area is 221 Å². The molecule has 0 heterocycles. The van der Waals surface area contributed by atoms with Crippen LogP contribution < -0.4 is 5.32 Å². The minimum Gasteiger partial charge on any atom is -0.354 e. The quantitative estimate of drug-likeness (QED) is 0.255. The first-order valence-electron chi connectivity index (χ1n) is 12.0. The van der Waals surface area contributed by atoms with Gasteiger partial charge in [-0.3, -0.25) is 9.59 Å².